The molecule has 12 nitrogen and oxygen atoms in total. The number of nitrogens with zero attached hydrogens (tertiary/aromatic N) is 2. The third kappa shape index (κ3) is 8.43. The van der Waals surface area contributed by atoms with Crippen molar-refractivity contribution < 1.29 is 33.5 Å². The topological polar surface area (TPSA) is 154 Å². The highest BCUT2D eigenvalue weighted by molar-refractivity contribution is 6.38. The second kappa shape index (κ2) is 13.9. The minimum atomic E-state index is -1.12. The number of nitrogens with one attached hydrogen (secondary N) is 3. The smallest absolute Gasteiger partial charge is 0.408 e. The lowest BCUT2D eigenvalue weighted by molar-refractivity contribution is -0.145. The van der Waals surface area contributed by atoms with Crippen molar-refractivity contribution in [3.05, 3.63) is 12.7 Å². The van der Waals surface area contributed by atoms with Crippen molar-refractivity contribution in [3.63, 3.8) is 0 Å². The van der Waals surface area contributed by atoms with E-state index < -0.39 is 47.4 Å². The highest BCUT2D eigenvalue weighted by atomic mass is 16.6. The van der Waals surface area contributed by atoms with Crippen LogP contribution < -0.4 is 16.0 Å². The van der Waals surface area contributed by atoms with E-state index in [0.29, 0.717) is 26.1 Å². The van der Waals surface area contributed by atoms with Gasteiger partial charge in [-0.15, -0.1) is 6.58 Å². The van der Waals surface area contributed by atoms with E-state index in [1.54, 1.807) is 36.6 Å². The molecule has 2 saturated heterocycles. The molecule has 0 bridgehead atoms. The average Bonchev–Trinajstić information content (AvgIpc) is 3.86. The van der Waals surface area contributed by atoms with Crippen molar-refractivity contribution in [2.75, 3.05) is 26.2 Å². The van der Waals surface area contributed by atoms with Gasteiger partial charge < -0.3 is 30.5 Å². The Morgan fingerprint density at radius 1 is 1.02 bits per heavy atom. The molecule has 0 aromatic rings. The lowest BCUT2D eigenvalue weighted by atomic mass is 9.83. The second-order valence-corrected chi connectivity index (χ2v) is 14.6. The van der Waals surface area contributed by atoms with E-state index in [2.05, 4.69) is 36.4 Å². The van der Waals surface area contributed by atoms with Crippen molar-refractivity contribution in [2.45, 2.75) is 110 Å². The van der Waals surface area contributed by atoms with Crippen molar-refractivity contribution in [1.82, 2.24) is 25.8 Å². The summed E-state index contributed by atoms with van der Waals surface area (Å²) < 4.78 is 5.50. The predicted octanol–water partition coefficient (Wildman–Crippen LogP) is 2.31. The molecule has 5 amide bonds. The van der Waals surface area contributed by atoms with Crippen molar-refractivity contribution >= 4 is 35.5 Å². The van der Waals surface area contributed by atoms with Crippen molar-refractivity contribution in [3.8, 4) is 0 Å². The van der Waals surface area contributed by atoms with Crippen molar-refractivity contribution in [1.29, 1.82) is 0 Å². The van der Waals surface area contributed by atoms with Crippen LogP contribution in [-0.4, -0.2) is 95.2 Å². The number of Topliss-reactive ketones (excluding diaryl/α,β-unsaturated/α-hetero) is 1. The number of hydrogen-bond acceptors (Lipinski definition) is 7. The standard InChI is InChI=1S/C33H51N5O7/c1-7-8-14-22(27(40)29(42)34-16-15-23(39)37-17-18-37)35-28(41)26-24-21(33(24,5)6)19-38(26)30(43)25(20-12-10-9-11-13-20)36-31(44)45-32(2,3)4/h7,20-22,24-26H,1,8-19H2,2-6H3,(H,34,42)(H,35,41)(H,36,44)/t21?,22?,24?,25-,26-/m0/s1. The van der Waals surface area contributed by atoms with Crippen molar-refractivity contribution in [2.24, 2.45) is 23.2 Å². The molecule has 250 valence electrons. The number of alkyl carbamates (subject to hydrolysis) is 1. The van der Waals surface area contributed by atoms with Crippen LogP contribution in [0, 0.1) is 23.2 Å². The van der Waals surface area contributed by atoms with Gasteiger partial charge in [-0.3, -0.25) is 24.0 Å². The molecule has 0 spiro atoms. The Hall–Kier alpha value is -3.44. The molecule has 3 unspecified atom stereocenters. The summed E-state index contributed by atoms with van der Waals surface area (Å²) in [6, 6.07) is -2.81. The van der Waals surface area contributed by atoms with E-state index in [9.17, 15) is 28.8 Å². The summed E-state index contributed by atoms with van der Waals surface area (Å²) >= 11 is 0. The fraction of sp³-hybridized carbons (Fsp3) is 0.758. The van der Waals surface area contributed by atoms with Gasteiger partial charge in [-0.1, -0.05) is 39.2 Å². The lowest BCUT2D eigenvalue weighted by Crippen LogP contribution is -2.59. The summed E-state index contributed by atoms with van der Waals surface area (Å²) in [7, 11) is 0. The van der Waals surface area contributed by atoms with Crippen LogP contribution in [-0.2, 0) is 28.7 Å². The van der Waals surface area contributed by atoms with Crippen LogP contribution in [0.15, 0.2) is 12.7 Å². The van der Waals surface area contributed by atoms with Gasteiger partial charge in [-0.2, -0.15) is 0 Å². The van der Waals surface area contributed by atoms with Crippen LogP contribution in [0.1, 0.15) is 86.0 Å². The molecule has 2 aliphatic heterocycles. The molecule has 4 aliphatic rings. The van der Waals surface area contributed by atoms with Gasteiger partial charge in [0.15, 0.2) is 0 Å². The minimum Gasteiger partial charge on any atom is -0.444 e. The molecule has 5 atom stereocenters. The number of fused-ring (bicyclic) bond motifs is 1. The zero-order chi connectivity index (χ0) is 33.1. The van der Waals surface area contributed by atoms with E-state index >= 15 is 0 Å². The van der Waals surface area contributed by atoms with Gasteiger partial charge in [0.2, 0.25) is 23.5 Å². The Bertz CT molecular complexity index is 1180. The van der Waals surface area contributed by atoms with Crippen LogP contribution in [0.25, 0.3) is 0 Å². The highest BCUT2D eigenvalue weighted by Crippen LogP contribution is 2.65. The average molecular weight is 630 g/mol. The molecular formula is C33H51N5O7. The largest absolute Gasteiger partial charge is 0.444 e. The fourth-order valence-electron chi connectivity index (χ4n) is 7.07. The molecule has 4 fully saturated rings. The van der Waals surface area contributed by atoms with E-state index in [1.165, 1.54) is 0 Å². The Labute approximate surface area is 266 Å². The molecule has 0 aromatic carbocycles. The normalized spacial score (nSPS) is 24.9. The van der Waals surface area contributed by atoms with Gasteiger partial charge in [0.25, 0.3) is 5.91 Å². The van der Waals surface area contributed by atoms with Gasteiger partial charge in [-0.25, -0.2) is 4.79 Å². The van der Waals surface area contributed by atoms with E-state index in [4.69, 9.17) is 4.74 Å². The number of ketones is 1. The number of piperidine rings is 1. The number of likely N-dealkylation sites (tertiary alicyclic amines) is 1. The number of ether oxygens (including phenoxy) is 1. The van der Waals surface area contributed by atoms with Gasteiger partial charge in [0.1, 0.15) is 17.7 Å². The Kier molecular flexibility index (Phi) is 10.6. The Morgan fingerprint density at radius 3 is 2.29 bits per heavy atom. The highest BCUT2D eigenvalue weighted by Gasteiger charge is 2.69. The number of hydrogen-bond donors (Lipinski definition) is 3. The number of amides is 5. The summed E-state index contributed by atoms with van der Waals surface area (Å²) in [4.78, 5) is 82.2. The van der Waals surface area contributed by atoms with Gasteiger partial charge in [0, 0.05) is 32.6 Å². The van der Waals surface area contributed by atoms with Crippen LogP contribution in [0.2, 0.25) is 0 Å². The SMILES string of the molecule is C=CCCC(NC(=O)[C@@H]1C2C(CN1C(=O)[C@@H](NC(=O)OC(C)(C)C)C1CCCCC1)C2(C)C)C(=O)C(=O)NCCC(=O)N1CC1. The first-order valence-electron chi connectivity index (χ1n) is 16.5. The number of carbonyl (C=O) groups is 6. The molecule has 2 saturated carbocycles. The van der Waals surface area contributed by atoms with Crippen LogP contribution >= 0.6 is 0 Å². The lowest BCUT2D eigenvalue weighted by Gasteiger charge is -2.37. The molecule has 3 N–H and O–H groups in total. The molecular weight excluding hydrogens is 578 g/mol. The quantitative estimate of drug-likeness (QED) is 0.161. The molecule has 12 heteroatoms. The summed E-state index contributed by atoms with van der Waals surface area (Å²) in [5.74, 6) is -2.68. The maximum absolute atomic E-state index is 14.3. The summed E-state index contributed by atoms with van der Waals surface area (Å²) in [6.07, 6.45) is 6.12. The zero-order valence-electron chi connectivity index (χ0n) is 27.5. The van der Waals surface area contributed by atoms with E-state index in [0.717, 1.165) is 32.1 Å². The van der Waals surface area contributed by atoms with Gasteiger partial charge in [0.05, 0.1) is 6.04 Å². The summed E-state index contributed by atoms with van der Waals surface area (Å²) in [6.45, 7) is 14.9. The first kappa shape index (κ1) is 34.4. The van der Waals surface area contributed by atoms with Crippen LogP contribution in [0.5, 0.6) is 0 Å². The van der Waals surface area contributed by atoms with Crippen LogP contribution in [0.4, 0.5) is 4.79 Å². The number of carbonyl (C=O) groups excluding carboxylic acids is 6. The zero-order valence-corrected chi connectivity index (χ0v) is 27.5. The minimum absolute atomic E-state index is 0.0259. The van der Waals surface area contributed by atoms with E-state index in [-0.39, 0.29) is 54.4 Å². The number of allylic oxidation sites excluding steroid dienone is 1. The second-order valence-electron chi connectivity index (χ2n) is 14.6. The predicted molar refractivity (Wildman–Crippen MR) is 167 cm³/mol. The molecule has 45 heavy (non-hydrogen) atoms. The Morgan fingerprint density at radius 2 is 1.69 bits per heavy atom. The van der Waals surface area contributed by atoms with Gasteiger partial charge >= 0.3 is 6.09 Å². The maximum Gasteiger partial charge on any atom is 0.408 e. The Balaban J connectivity index is 1.49. The van der Waals surface area contributed by atoms with E-state index in [1.807, 2.05) is 0 Å². The maximum atomic E-state index is 14.3. The molecule has 0 aromatic heterocycles. The first-order chi connectivity index (χ1) is 21.2. The monoisotopic (exact) mass is 629 g/mol. The third-order valence-electron chi connectivity index (χ3n) is 9.76. The fourth-order valence-corrected chi connectivity index (χ4v) is 7.07. The van der Waals surface area contributed by atoms with Gasteiger partial charge in [-0.05, 0) is 69.6 Å². The summed E-state index contributed by atoms with van der Waals surface area (Å²) in [5, 5.41) is 8.14. The third-order valence-corrected chi connectivity index (χ3v) is 9.76. The first-order valence-corrected chi connectivity index (χ1v) is 16.5. The molecule has 0 radical (unpaired) electrons. The molecule has 2 heterocycles. The number of rotatable bonds is 13. The summed E-state index contributed by atoms with van der Waals surface area (Å²) in [5.41, 5.74) is -0.921. The van der Waals surface area contributed by atoms with Crippen LogP contribution in [0.3, 0.4) is 0 Å². The molecule has 4 rings (SSSR count). The molecule has 2 aliphatic carbocycles.